The van der Waals surface area contributed by atoms with Crippen molar-refractivity contribution >= 4 is 28.8 Å². The normalized spacial score (nSPS) is 19.8. The Balaban J connectivity index is 1.51. The number of morpholine rings is 1. The Bertz CT molecular complexity index is 1230. The second-order valence-corrected chi connectivity index (χ2v) is 8.69. The molecule has 2 amide bonds. The number of fused-ring (bicyclic) bond motifs is 2. The first kappa shape index (κ1) is 21.2. The van der Waals surface area contributed by atoms with E-state index in [0.29, 0.717) is 55.4 Å². The van der Waals surface area contributed by atoms with Gasteiger partial charge in [-0.15, -0.1) is 0 Å². The molecule has 1 saturated heterocycles. The van der Waals surface area contributed by atoms with Gasteiger partial charge in [-0.2, -0.15) is 5.10 Å². The highest BCUT2D eigenvalue weighted by molar-refractivity contribution is 6.09. The molecule has 5 rings (SSSR count). The molecule has 1 atom stereocenters. The van der Waals surface area contributed by atoms with E-state index in [4.69, 9.17) is 9.47 Å². The summed E-state index contributed by atoms with van der Waals surface area (Å²) in [6.07, 6.45) is 5.30. The molecule has 0 bridgehead atoms. The highest BCUT2D eigenvalue weighted by Crippen LogP contribution is 2.42. The fraction of sp³-hybridized carbons (Fsp3) is 0.391. The lowest BCUT2D eigenvalue weighted by molar-refractivity contribution is -0.142. The van der Waals surface area contributed by atoms with Crippen LogP contribution >= 0.6 is 0 Å². The van der Waals surface area contributed by atoms with E-state index in [0.717, 1.165) is 11.3 Å². The third kappa shape index (κ3) is 3.76. The number of hydrogen-bond acceptors (Lipinski definition) is 7. The zero-order chi connectivity index (χ0) is 23.2. The molecule has 172 valence electrons. The van der Waals surface area contributed by atoms with Crippen molar-refractivity contribution in [1.29, 1.82) is 0 Å². The van der Waals surface area contributed by atoms with Crippen molar-refractivity contribution in [1.82, 2.24) is 19.5 Å². The SMILES string of the molecule is CN(C)C(=O)[C@@]1(C)Cc2cc(NC(=O)c3cnn4cccnc34)c(N3CCOCC3)cc2O1. The van der Waals surface area contributed by atoms with Crippen LogP contribution in [0.15, 0.2) is 36.8 Å². The first-order valence-corrected chi connectivity index (χ1v) is 10.9. The molecule has 33 heavy (non-hydrogen) atoms. The van der Waals surface area contributed by atoms with Gasteiger partial charge in [-0.05, 0) is 19.1 Å². The van der Waals surface area contributed by atoms with Crippen LogP contribution in [-0.2, 0) is 16.0 Å². The number of anilines is 2. The van der Waals surface area contributed by atoms with Gasteiger partial charge in [-0.3, -0.25) is 9.59 Å². The fourth-order valence-corrected chi connectivity index (χ4v) is 4.42. The zero-order valence-corrected chi connectivity index (χ0v) is 18.9. The van der Waals surface area contributed by atoms with Crippen molar-refractivity contribution in [2.75, 3.05) is 50.6 Å². The number of carbonyl (C=O) groups is 2. The Hall–Kier alpha value is -3.66. The summed E-state index contributed by atoms with van der Waals surface area (Å²) < 4.78 is 13.2. The monoisotopic (exact) mass is 450 g/mol. The first-order chi connectivity index (χ1) is 15.9. The fourth-order valence-electron chi connectivity index (χ4n) is 4.42. The second-order valence-electron chi connectivity index (χ2n) is 8.69. The number of amides is 2. The lowest BCUT2D eigenvalue weighted by atomic mass is 9.97. The van der Waals surface area contributed by atoms with Crippen molar-refractivity contribution in [3.8, 4) is 5.75 Å². The summed E-state index contributed by atoms with van der Waals surface area (Å²) in [6.45, 7) is 4.37. The smallest absolute Gasteiger partial charge is 0.266 e. The molecular weight excluding hydrogens is 424 g/mol. The largest absolute Gasteiger partial charge is 0.477 e. The standard InChI is InChI=1S/C23H26N6O4/c1-23(22(31)27(2)3)13-15-11-17(18(12-19(15)33-23)28-7-9-32-10-8-28)26-21(30)16-14-25-29-6-4-5-24-20(16)29/h4-6,11-12,14H,7-10,13H2,1-3H3,(H,26,30)/t23-/m1/s1. The summed E-state index contributed by atoms with van der Waals surface area (Å²) in [6, 6.07) is 5.58. The Kier molecular flexibility index (Phi) is 5.16. The Morgan fingerprint density at radius 3 is 2.76 bits per heavy atom. The van der Waals surface area contributed by atoms with Crippen molar-refractivity contribution in [2.45, 2.75) is 18.9 Å². The van der Waals surface area contributed by atoms with Gasteiger partial charge in [0.05, 0.1) is 30.8 Å². The van der Waals surface area contributed by atoms with E-state index in [1.807, 2.05) is 12.1 Å². The third-order valence-electron chi connectivity index (χ3n) is 6.02. The summed E-state index contributed by atoms with van der Waals surface area (Å²) >= 11 is 0. The maximum atomic E-state index is 13.2. The van der Waals surface area contributed by atoms with E-state index in [1.165, 1.54) is 11.1 Å². The number of hydrogen-bond donors (Lipinski definition) is 1. The van der Waals surface area contributed by atoms with Crippen molar-refractivity contribution in [3.63, 3.8) is 0 Å². The molecule has 4 heterocycles. The number of rotatable bonds is 4. The number of ether oxygens (including phenoxy) is 2. The number of benzene rings is 1. The minimum absolute atomic E-state index is 0.102. The van der Waals surface area contributed by atoms with Gasteiger partial charge < -0.3 is 24.6 Å². The minimum atomic E-state index is -0.983. The molecule has 0 spiro atoms. The average molecular weight is 450 g/mol. The van der Waals surface area contributed by atoms with Gasteiger partial charge in [-0.1, -0.05) is 0 Å². The Morgan fingerprint density at radius 1 is 1.21 bits per heavy atom. The highest BCUT2D eigenvalue weighted by atomic mass is 16.5. The molecule has 2 aliphatic heterocycles. The van der Waals surface area contributed by atoms with Crippen LogP contribution < -0.4 is 15.0 Å². The molecule has 1 N–H and O–H groups in total. The van der Waals surface area contributed by atoms with Gasteiger partial charge in [0.25, 0.3) is 11.8 Å². The van der Waals surface area contributed by atoms with E-state index in [9.17, 15) is 9.59 Å². The average Bonchev–Trinajstić information content (AvgIpc) is 3.39. The molecular formula is C23H26N6O4. The van der Waals surface area contributed by atoms with E-state index in [2.05, 4.69) is 20.3 Å². The molecule has 1 fully saturated rings. The highest BCUT2D eigenvalue weighted by Gasteiger charge is 2.43. The summed E-state index contributed by atoms with van der Waals surface area (Å²) in [5.74, 6) is 0.253. The molecule has 3 aromatic rings. The molecule has 0 radical (unpaired) electrons. The van der Waals surface area contributed by atoms with E-state index in [1.54, 1.807) is 44.0 Å². The van der Waals surface area contributed by atoms with Gasteiger partial charge in [0.2, 0.25) is 0 Å². The predicted molar refractivity (Wildman–Crippen MR) is 122 cm³/mol. The maximum Gasteiger partial charge on any atom is 0.266 e. The van der Waals surface area contributed by atoms with Gasteiger partial charge in [0.15, 0.2) is 11.2 Å². The predicted octanol–water partition coefficient (Wildman–Crippen LogP) is 1.60. The van der Waals surface area contributed by atoms with Gasteiger partial charge in [-0.25, -0.2) is 9.50 Å². The van der Waals surface area contributed by atoms with Crippen LogP contribution in [0.3, 0.4) is 0 Å². The molecule has 2 aliphatic rings. The molecule has 0 unspecified atom stereocenters. The molecule has 0 aliphatic carbocycles. The van der Waals surface area contributed by atoms with Gasteiger partial charge in [0.1, 0.15) is 11.3 Å². The number of likely N-dealkylation sites (N-methyl/N-ethyl adjacent to an activating group) is 1. The van der Waals surface area contributed by atoms with Crippen LogP contribution in [0.1, 0.15) is 22.8 Å². The van der Waals surface area contributed by atoms with E-state index in [-0.39, 0.29) is 11.8 Å². The van der Waals surface area contributed by atoms with Crippen LogP contribution in [0, 0.1) is 0 Å². The topological polar surface area (TPSA) is 101 Å². The van der Waals surface area contributed by atoms with Crippen LogP contribution in [0.4, 0.5) is 11.4 Å². The van der Waals surface area contributed by atoms with Crippen molar-refractivity contribution in [2.24, 2.45) is 0 Å². The van der Waals surface area contributed by atoms with Crippen LogP contribution in [-0.4, -0.2) is 77.3 Å². The lowest BCUT2D eigenvalue weighted by Gasteiger charge is -2.31. The second kappa shape index (κ2) is 8.04. The number of carbonyl (C=O) groups excluding carboxylic acids is 2. The van der Waals surface area contributed by atoms with E-state index >= 15 is 0 Å². The minimum Gasteiger partial charge on any atom is -0.477 e. The lowest BCUT2D eigenvalue weighted by Crippen LogP contribution is -2.47. The summed E-state index contributed by atoms with van der Waals surface area (Å²) in [4.78, 5) is 33.9. The van der Waals surface area contributed by atoms with Crippen LogP contribution in [0.5, 0.6) is 5.75 Å². The van der Waals surface area contributed by atoms with Crippen molar-refractivity contribution < 1.29 is 19.1 Å². The maximum absolute atomic E-state index is 13.2. The molecule has 10 nitrogen and oxygen atoms in total. The van der Waals surface area contributed by atoms with Crippen LogP contribution in [0.25, 0.3) is 5.65 Å². The van der Waals surface area contributed by atoms with Gasteiger partial charge >= 0.3 is 0 Å². The zero-order valence-electron chi connectivity index (χ0n) is 18.9. The Labute approximate surface area is 191 Å². The van der Waals surface area contributed by atoms with Crippen molar-refractivity contribution in [3.05, 3.63) is 47.9 Å². The summed E-state index contributed by atoms with van der Waals surface area (Å²) in [5, 5.41) is 7.26. The van der Waals surface area contributed by atoms with Gasteiger partial charge in [0, 0.05) is 57.6 Å². The molecule has 2 aromatic heterocycles. The Morgan fingerprint density at radius 2 is 2.00 bits per heavy atom. The molecule has 10 heteroatoms. The van der Waals surface area contributed by atoms with Crippen LogP contribution in [0.2, 0.25) is 0 Å². The third-order valence-corrected chi connectivity index (χ3v) is 6.02. The summed E-state index contributed by atoms with van der Waals surface area (Å²) in [5.41, 5.74) is 2.24. The van der Waals surface area contributed by atoms with E-state index < -0.39 is 5.60 Å². The first-order valence-electron chi connectivity index (χ1n) is 10.9. The number of nitrogens with one attached hydrogen (secondary N) is 1. The summed E-state index contributed by atoms with van der Waals surface area (Å²) in [7, 11) is 3.43. The quantitative estimate of drug-likeness (QED) is 0.644. The number of nitrogens with zero attached hydrogens (tertiary/aromatic N) is 5. The number of aromatic nitrogens is 3. The molecule has 1 aromatic carbocycles. The molecule has 0 saturated carbocycles.